The van der Waals surface area contributed by atoms with Gasteiger partial charge in [-0.2, -0.15) is 5.10 Å². The molecule has 2 aliphatic rings. The molecular formula is C16H26N4O2. The highest BCUT2D eigenvalue weighted by atomic mass is 16.5. The Hall–Kier alpha value is -1.43. The van der Waals surface area contributed by atoms with E-state index < -0.39 is 0 Å². The lowest BCUT2D eigenvalue weighted by atomic mass is 9.96. The Balaban J connectivity index is 1.82. The summed E-state index contributed by atoms with van der Waals surface area (Å²) in [6, 6.07) is 0. The molecule has 2 fully saturated rings. The molecule has 1 atom stereocenters. The Labute approximate surface area is 131 Å². The second-order valence-electron chi connectivity index (χ2n) is 6.45. The highest BCUT2D eigenvalue weighted by molar-refractivity contribution is 5.76. The Kier molecular flexibility index (Phi) is 4.76. The number of hydrogen-bond acceptors (Lipinski definition) is 4. The number of likely N-dealkylation sites (N-methyl/N-ethyl adjacent to an activating group) is 1. The summed E-state index contributed by atoms with van der Waals surface area (Å²) in [5.74, 6) is 3.03. The smallest absolute Gasteiger partial charge is 0.222 e. The quantitative estimate of drug-likeness (QED) is 0.852. The summed E-state index contributed by atoms with van der Waals surface area (Å²) in [5.41, 5.74) is 0. The van der Waals surface area contributed by atoms with Gasteiger partial charge in [-0.15, -0.1) is 0 Å². The van der Waals surface area contributed by atoms with Crippen LogP contribution >= 0.6 is 0 Å². The van der Waals surface area contributed by atoms with E-state index in [0.29, 0.717) is 18.3 Å². The minimum atomic E-state index is 0.238. The average molecular weight is 306 g/mol. The third-order valence-electron chi connectivity index (χ3n) is 4.73. The number of rotatable bonds is 4. The SMILES string of the molecule is CCCn1nc(C2CCOCC2)nc1[C@H]1CCC(=O)N(C)C1. The topological polar surface area (TPSA) is 60.2 Å². The Bertz CT molecular complexity index is 522. The third-order valence-corrected chi connectivity index (χ3v) is 4.73. The van der Waals surface area contributed by atoms with Gasteiger partial charge in [0.15, 0.2) is 5.82 Å². The van der Waals surface area contributed by atoms with Crippen molar-refractivity contribution in [3.63, 3.8) is 0 Å². The van der Waals surface area contributed by atoms with E-state index in [0.717, 1.165) is 63.6 Å². The number of carbonyl (C=O) groups excluding carboxylic acids is 1. The maximum absolute atomic E-state index is 11.7. The number of aromatic nitrogens is 3. The largest absolute Gasteiger partial charge is 0.381 e. The van der Waals surface area contributed by atoms with E-state index in [-0.39, 0.29) is 5.91 Å². The minimum Gasteiger partial charge on any atom is -0.381 e. The van der Waals surface area contributed by atoms with Crippen LogP contribution in [0.4, 0.5) is 0 Å². The fourth-order valence-corrected chi connectivity index (χ4v) is 3.40. The van der Waals surface area contributed by atoms with E-state index in [2.05, 4.69) is 11.6 Å². The summed E-state index contributed by atoms with van der Waals surface area (Å²) in [5, 5.41) is 4.79. The first-order valence-electron chi connectivity index (χ1n) is 8.45. The van der Waals surface area contributed by atoms with Gasteiger partial charge in [0, 0.05) is 51.6 Å². The van der Waals surface area contributed by atoms with Crippen molar-refractivity contribution in [1.82, 2.24) is 19.7 Å². The van der Waals surface area contributed by atoms with Crippen LogP contribution in [-0.4, -0.2) is 52.4 Å². The van der Waals surface area contributed by atoms with E-state index in [4.69, 9.17) is 14.8 Å². The number of amides is 1. The predicted molar refractivity (Wildman–Crippen MR) is 82.7 cm³/mol. The van der Waals surface area contributed by atoms with Gasteiger partial charge in [-0.1, -0.05) is 6.92 Å². The minimum absolute atomic E-state index is 0.238. The maximum atomic E-state index is 11.7. The van der Waals surface area contributed by atoms with Gasteiger partial charge in [0.1, 0.15) is 5.82 Å². The van der Waals surface area contributed by atoms with E-state index in [1.807, 2.05) is 11.9 Å². The number of piperidine rings is 1. The zero-order chi connectivity index (χ0) is 15.5. The van der Waals surface area contributed by atoms with Crippen molar-refractivity contribution in [3.05, 3.63) is 11.6 Å². The van der Waals surface area contributed by atoms with Gasteiger partial charge < -0.3 is 9.64 Å². The number of hydrogen-bond donors (Lipinski definition) is 0. The van der Waals surface area contributed by atoms with Crippen molar-refractivity contribution in [2.75, 3.05) is 26.8 Å². The summed E-state index contributed by atoms with van der Waals surface area (Å²) >= 11 is 0. The second-order valence-corrected chi connectivity index (χ2v) is 6.45. The summed E-state index contributed by atoms with van der Waals surface area (Å²) in [6.45, 7) is 5.44. The van der Waals surface area contributed by atoms with Gasteiger partial charge in [0.25, 0.3) is 0 Å². The van der Waals surface area contributed by atoms with Gasteiger partial charge in [-0.05, 0) is 25.7 Å². The van der Waals surface area contributed by atoms with E-state index in [9.17, 15) is 4.79 Å². The highest BCUT2D eigenvalue weighted by Gasteiger charge is 2.30. The molecule has 3 heterocycles. The summed E-state index contributed by atoms with van der Waals surface area (Å²) in [7, 11) is 1.88. The molecule has 0 N–H and O–H groups in total. The van der Waals surface area contributed by atoms with E-state index in [1.54, 1.807) is 0 Å². The van der Waals surface area contributed by atoms with Crippen LogP contribution in [0.5, 0.6) is 0 Å². The van der Waals surface area contributed by atoms with Crippen molar-refractivity contribution < 1.29 is 9.53 Å². The molecule has 0 bridgehead atoms. The van der Waals surface area contributed by atoms with Gasteiger partial charge in [0.2, 0.25) is 5.91 Å². The number of nitrogens with zero attached hydrogens (tertiary/aromatic N) is 4. The van der Waals surface area contributed by atoms with Crippen LogP contribution in [0.3, 0.4) is 0 Å². The molecule has 1 aromatic heterocycles. The second kappa shape index (κ2) is 6.77. The molecule has 2 aliphatic heterocycles. The van der Waals surface area contributed by atoms with Crippen molar-refractivity contribution in [2.24, 2.45) is 0 Å². The van der Waals surface area contributed by atoms with Crippen molar-refractivity contribution in [3.8, 4) is 0 Å². The molecule has 122 valence electrons. The maximum Gasteiger partial charge on any atom is 0.222 e. The Morgan fingerprint density at radius 1 is 1.23 bits per heavy atom. The molecule has 1 aromatic rings. The molecule has 1 amide bonds. The van der Waals surface area contributed by atoms with Crippen LogP contribution in [0, 0.1) is 0 Å². The number of ether oxygens (including phenoxy) is 1. The fraction of sp³-hybridized carbons (Fsp3) is 0.812. The molecular weight excluding hydrogens is 280 g/mol. The molecule has 0 radical (unpaired) electrons. The summed E-state index contributed by atoms with van der Waals surface area (Å²) in [4.78, 5) is 18.4. The molecule has 0 aliphatic carbocycles. The summed E-state index contributed by atoms with van der Waals surface area (Å²) < 4.78 is 7.52. The molecule has 22 heavy (non-hydrogen) atoms. The van der Waals surface area contributed by atoms with Crippen molar-refractivity contribution >= 4 is 5.91 Å². The number of aryl methyl sites for hydroxylation is 1. The van der Waals surface area contributed by atoms with E-state index >= 15 is 0 Å². The number of likely N-dealkylation sites (tertiary alicyclic amines) is 1. The van der Waals surface area contributed by atoms with Gasteiger partial charge in [0.05, 0.1) is 0 Å². The molecule has 0 spiro atoms. The third kappa shape index (κ3) is 3.16. The van der Waals surface area contributed by atoms with Gasteiger partial charge in [-0.3, -0.25) is 4.79 Å². The summed E-state index contributed by atoms with van der Waals surface area (Å²) in [6.07, 6.45) is 4.58. The predicted octanol–water partition coefficient (Wildman–Crippen LogP) is 1.92. The molecule has 0 aromatic carbocycles. The fourth-order valence-electron chi connectivity index (χ4n) is 3.40. The van der Waals surface area contributed by atoms with Crippen molar-refractivity contribution in [2.45, 2.75) is 57.4 Å². The van der Waals surface area contributed by atoms with Crippen LogP contribution in [-0.2, 0) is 16.1 Å². The lowest BCUT2D eigenvalue weighted by molar-refractivity contribution is -0.132. The standard InChI is InChI=1S/C16H26N4O2/c1-3-8-20-16(13-4-5-14(21)19(2)11-13)17-15(18-20)12-6-9-22-10-7-12/h12-13H,3-11H2,1-2H3/t13-/m0/s1. The Morgan fingerprint density at radius 3 is 2.68 bits per heavy atom. The first-order valence-corrected chi connectivity index (χ1v) is 8.45. The normalized spacial score (nSPS) is 24.0. The molecule has 2 saturated heterocycles. The van der Waals surface area contributed by atoms with Crippen molar-refractivity contribution in [1.29, 1.82) is 0 Å². The molecule has 0 saturated carbocycles. The number of carbonyl (C=O) groups is 1. The molecule has 0 unspecified atom stereocenters. The highest BCUT2D eigenvalue weighted by Crippen LogP contribution is 2.29. The van der Waals surface area contributed by atoms with Crippen LogP contribution in [0.1, 0.15) is 62.5 Å². The van der Waals surface area contributed by atoms with Crippen LogP contribution in [0.15, 0.2) is 0 Å². The van der Waals surface area contributed by atoms with Crippen LogP contribution in [0.25, 0.3) is 0 Å². The molecule has 3 rings (SSSR count). The molecule has 6 heteroatoms. The monoisotopic (exact) mass is 306 g/mol. The van der Waals surface area contributed by atoms with Gasteiger partial charge in [-0.25, -0.2) is 9.67 Å². The Morgan fingerprint density at radius 2 is 2.00 bits per heavy atom. The zero-order valence-electron chi connectivity index (χ0n) is 13.6. The zero-order valence-corrected chi connectivity index (χ0v) is 13.6. The van der Waals surface area contributed by atoms with E-state index in [1.165, 1.54) is 0 Å². The first kappa shape index (κ1) is 15.5. The average Bonchev–Trinajstić information content (AvgIpc) is 2.95. The lowest BCUT2D eigenvalue weighted by Crippen LogP contribution is -2.36. The molecule has 6 nitrogen and oxygen atoms in total. The lowest BCUT2D eigenvalue weighted by Gasteiger charge is -2.29. The first-order chi connectivity index (χ1) is 10.7. The van der Waals surface area contributed by atoms with Gasteiger partial charge >= 0.3 is 0 Å². The van der Waals surface area contributed by atoms with Crippen LogP contribution < -0.4 is 0 Å². The van der Waals surface area contributed by atoms with Crippen LogP contribution in [0.2, 0.25) is 0 Å².